The molecule has 0 amide bonds. The first-order valence-corrected chi connectivity index (χ1v) is 5.02. The first kappa shape index (κ1) is 11.5. The Bertz CT molecular complexity index is 161. The van der Waals surface area contributed by atoms with Crippen LogP contribution in [0.4, 0.5) is 0 Å². The van der Waals surface area contributed by atoms with Crippen molar-refractivity contribution in [3.63, 3.8) is 0 Å². The summed E-state index contributed by atoms with van der Waals surface area (Å²) in [5.74, 6) is 0. The van der Waals surface area contributed by atoms with E-state index in [9.17, 15) is 0 Å². The van der Waals surface area contributed by atoms with Gasteiger partial charge in [-0.2, -0.15) is 0 Å². The number of hydrogen-bond acceptors (Lipinski definition) is 0. The molecule has 0 aromatic carbocycles. The van der Waals surface area contributed by atoms with E-state index in [2.05, 4.69) is 39.8 Å². The summed E-state index contributed by atoms with van der Waals surface area (Å²) in [4.78, 5) is 0. The van der Waals surface area contributed by atoms with Crippen molar-refractivity contribution < 1.29 is 0 Å². The van der Waals surface area contributed by atoms with Gasteiger partial charge in [-0.3, -0.25) is 0 Å². The molecule has 0 radical (unpaired) electrons. The van der Waals surface area contributed by atoms with E-state index in [1.807, 2.05) is 0 Å². The number of unbranched alkanes of at least 4 members (excludes halogenated alkanes) is 3. The second-order valence-electron chi connectivity index (χ2n) is 3.35. The minimum absolute atomic E-state index is 1.24. The van der Waals surface area contributed by atoms with Gasteiger partial charge in [-0.1, -0.05) is 43.1 Å². The average molecular weight is 166 g/mol. The fourth-order valence-corrected chi connectivity index (χ4v) is 1.10. The lowest BCUT2D eigenvalue weighted by atomic mass is 10.1. The molecule has 0 heterocycles. The third-order valence-corrected chi connectivity index (χ3v) is 2.31. The predicted octanol–water partition coefficient (Wildman–Crippen LogP) is 4.48. The summed E-state index contributed by atoms with van der Waals surface area (Å²) in [6.45, 7) is 8.71. The first-order valence-electron chi connectivity index (χ1n) is 5.02. The molecule has 0 fully saturated rings. The van der Waals surface area contributed by atoms with Crippen LogP contribution in [-0.4, -0.2) is 0 Å². The lowest BCUT2D eigenvalue weighted by Gasteiger charge is -2.00. The molecule has 0 nitrogen and oxygen atoms in total. The molecule has 12 heavy (non-hydrogen) atoms. The van der Waals surface area contributed by atoms with Gasteiger partial charge in [0.05, 0.1) is 0 Å². The molecule has 0 saturated heterocycles. The fraction of sp³-hybridized carbons (Fsp3) is 0.667. The van der Waals surface area contributed by atoms with E-state index in [0.29, 0.717) is 0 Å². The quantitative estimate of drug-likeness (QED) is 0.417. The monoisotopic (exact) mass is 166 g/mol. The SMILES string of the molecule is CC=C(C)C(C)=CCCCCC. The third-order valence-electron chi connectivity index (χ3n) is 2.31. The van der Waals surface area contributed by atoms with Crippen molar-refractivity contribution in [3.05, 3.63) is 23.3 Å². The third kappa shape index (κ3) is 5.17. The molecule has 0 atom stereocenters. The van der Waals surface area contributed by atoms with Crippen molar-refractivity contribution >= 4 is 0 Å². The van der Waals surface area contributed by atoms with Gasteiger partial charge in [-0.15, -0.1) is 0 Å². The van der Waals surface area contributed by atoms with Crippen LogP contribution in [0.1, 0.15) is 53.4 Å². The van der Waals surface area contributed by atoms with Crippen molar-refractivity contribution in [2.75, 3.05) is 0 Å². The van der Waals surface area contributed by atoms with Gasteiger partial charge in [0.15, 0.2) is 0 Å². The first-order chi connectivity index (χ1) is 5.72. The molecular formula is C12H22. The van der Waals surface area contributed by atoms with Gasteiger partial charge in [-0.25, -0.2) is 0 Å². The summed E-state index contributed by atoms with van der Waals surface area (Å²) < 4.78 is 0. The van der Waals surface area contributed by atoms with E-state index >= 15 is 0 Å². The highest BCUT2D eigenvalue weighted by Crippen LogP contribution is 2.10. The Balaban J connectivity index is 3.69. The van der Waals surface area contributed by atoms with Gasteiger partial charge in [0.2, 0.25) is 0 Å². The van der Waals surface area contributed by atoms with Crippen LogP contribution in [0.25, 0.3) is 0 Å². The van der Waals surface area contributed by atoms with Crippen molar-refractivity contribution in [3.8, 4) is 0 Å². The van der Waals surface area contributed by atoms with E-state index in [1.165, 1.54) is 36.8 Å². The smallest absolute Gasteiger partial charge is 0.0345 e. The van der Waals surface area contributed by atoms with E-state index in [-0.39, 0.29) is 0 Å². The Morgan fingerprint density at radius 1 is 1.08 bits per heavy atom. The molecule has 0 aliphatic rings. The zero-order chi connectivity index (χ0) is 9.40. The van der Waals surface area contributed by atoms with Gasteiger partial charge < -0.3 is 0 Å². The Kier molecular flexibility index (Phi) is 6.84. The molecule has 0 bridgehead atoms. The molecule has 0 rings (SSSR count). The minimum atomic E-state index is 1.24. The minimum Gasteiger partial charge on any atom is -0.0845 e. The molecule has 70 valence electrons. The molecule has 0 aromatic rings. The van der Waals surface area contributed by atoms with Crippen molar-refractivity contribution in [1.82, 2.24) is 0 Å². The van der Waals surface area contributed by atoms with E-state index < -0.39 is 0 Å². The van der Waals surface area contributed by atoms with Gasteiger partial charge >= 0.3 is 0 Å². The summed E-state index contributed by atoms with van der Waals surface area (Å²) in [5.41, 5.74) is 2.85. The molecular weight excluding hydrogens is 144 g/mol. The molecule has 0 heteroatoms. The molecule has 0 saturated carbocycles. The van der Waals surface area contributed by atoms with Crippen LogP contribution in [0.15, 0.2) is 23.3 Å². The lowest BCUT2D eigenvalue weighted by Crippen LogP contribution is -1.79. The van der Waals surface area contributed by atoms with Crippen LogP contribution in [0.5, 0.6) is 0 Å². The highest BCUT2D eigenvalue weighted by atomic mass is 14.0. The fourth-order valence-electron chi connectivity index (χ4n) is 1.10. The molecule has 0 aliphatic heterocycles. The van der Waals surface area contributed by atoms with Crippen molar-refractivity contribution in [2.24, 2.45) is 0 Å². The lowest BCUT2D eigenvalue weighted by molar-refractivity contribution is 0.727. The topological polar surface area (TPSA) is 0 Å². The summed E-state index contributed by atoms with van der Waals surface area (Å²) in [6.07, 6.45) is 9.78. The van der Waals surface area contributed by atoms with Gasteiger partial charge in [-0.05, 0) is 33.6 Å². The highest BCUT2D eigenvalue weighted by molar-refractivity contribution is 5.25. The maximum Gasteiger partial charge on any atom is -0.0345 e. The Morgan fingerprint density at radius 2 is 1.75 bits per heavy atom. The van der Waals surface area contributed by atoms with Gasteiger partial charge in [0.1, 0.15) is 0 Å². The highest BCUT2D eigenvalue weighted by Gasteiger charge is 1.90. The van der Waals surface area contributed by atoms with E-state index in [1.54, 1.807) is 0 Å². The van der Waals surface area contributed by atoms with Crippen LogP contribution in [-0.2, 0) is 0 Å². The molecule has 0 aliphatic carbocycles. The second kappa shape index (κ2) is 7.15. The van der Waals surface area contributed by atoms with Crippen LogP contribution in [0, 0.1) is 0 Å². The molecule has 0 N–H and O–H groups in total. The van der Waals surface area contributed by atoms with Crippen LogP contribution < -0.4 is 0 Å². The maximum absolute atomic E-state index is 2.35. The van der Waals surface area contributed by atoms with Gasteiger partial charge in [0.25, 0.3) is 0 Å². The van der Waals surface area contributed by atoms with Crippen LogP contribution in [0.3, 0.4) is 0 Å². The summed E-state index contributed by atoms with van der Waals surface area (Å²) in [5, 5.41) is 0. The average Bonchev–Trinajstić information content (AvgIpc) is 2.10. The standard InChI is InChI=1S/C12H22/c1-5-7-8-9-10-12(4)11(3)6-2/h6,10H,5,7-9H2,1-4H3. The zero-order valence-electron chi connectivity index (χ0n) is 8.98. The summed E-state index contributed by atoms with van der Waals surface area (Å²) in [7, 11) is 0. The molecule has 0 unspecified atom stereocenters. The second-order valence-corrected chi connectivity index (χ2v) is 3.35. The largest absolute Gasteiger partial charge is 0.0845 e. The Morgan fingerprint density at radius 3 is 2.25 bits per heavy atom. The zero-order valence-corrected chi connectivity index (χ0v) is 8.98. The van der Waals surface area contributed by atoms with Crippen LogP contribution in [0.2, 0.25) is 0 Å². The normalized spacial score (nSPS) is 13.7. The van der Waals surface area contributed by atoms with E-state index in [0.717, 1.165) is 0 Å². The summed E-state index contributed by atoms with van der Waals surface area (Å²) >= 11 is 0. The van der Waals surface area contributed by atoms with Crippen LogP contribution >= 0.6 is 0 Å². The van der Waals surface area contributed by atoms with Crippen molar-refractivity contribution in [1.29, 1.82) is 0 Å². The predicted molar refractivity (Wildman–Crippen MR) is 57.3 cm³/mol. The molecule has 0 aromatic heterocycles. The Labute approximate surface area is 77.4 Å². The van der Waals surface area contributed by atoms with Gasteiger partial charge in [0, 0.05) is 0 Å². The Hall–Kier alpha value is -0.520. The van der Waals surface area contributed by atoms with Crippen molar-refractivity contribution in [2.45, 2.75) is 53.4 Å². The summed E-state index contributed by atoms with van der Waals surface area (Å²) in [6, 6.07) is 0. The number of allylic oxidation sites excluding steroid dienone is 4. The van der Waals surface area contributed by atoms with E-state index in [4.69, 9.17) is 0 Å². The molecule has 0 spiro atoms. The maximum atomic E-state index is 2.35. The number of hydrogen-bond donors (Lipinski definition) is 0. The number of rotatable bonds is 5.